The predicted octanol–water partition coefficient (Wildman–Crippen LogP) is 1.63. The van der Waals surface area contributed by atoms with Crippen LogP contribution in [0, 0.1) is 0 Å². The van der Waals surface area contributed by atoms with Crippen molar-refractivity contribution in [3.8, 4) is 5.69 Å². The molecule has 2 aromatic heterocycles. The van der Waals surface area contributed by atoms with Gasteiger partial charge in [-0.05, 0) is 25.6 Å². The fourth-order valence-electron chi connectivity index (χ4n) is 3.69. The van der Waals surface area contributed by atoms with Crippen LogP contribution in [0.2, 0.25) is 0 Å². The van der Waals surface area contributed by atoms with Gasteiger partial charge >= 0.3 is 0 Å². The Labute approximate surface area is 152 Å². The summed E-state index contributed by atoms with van der Waals surface area (Å²) in [6, 6.07) is 10.3. The van der Waals surface area contributed by atoms with E-state index in [0.717, 1.165) is 31.9 Å². The highest BCUT2D eigenvalue weighted by Gasteiger charge is 2.23. The summed E-state index contributed by atoms with van der Waals surface area (Å²) < 4.78 is 1.73. The zero-order valence-electron chi connectivity index (χ0n) is 15.2. The third kappa shape index (κ3) is 3.15. The molecule has 0 saturated carbocycles. The van der Waals surface area contributed by atoms with Crippen molar-refractivity contribution in [1.29, 1.82) is 0 Å². The smallest absolute Gasteiger partial charge is 0.262 e. The summed E-state index contributed by atoms with van der Waals surface area (Å²) in [4.78, 5) is 24.9. The Morgan fingerprint density at radius 1 is 1.23 bits per heavy atom. The SMILES string of the molecule is CCN1CCN(Cc2nc3c(cnn3-c3ccccc3)c(=O)[nH]2)CC1C. The number of benzene rings is 1. The summed E-state index contributed by atoms with van der Waals surface area (Å²) in [5, 5.41) is 4.88. The van der Waals surface area contributed by atoms with Gasteiger partial charge in [0, 0.05) is 25.7 Å². The van der Waals surface area contributed by atoms with Gasteiger partial charge in [-0.2, -0.15) is 5.10 Å². The van der Waals surface area contributed by atoms with Crippen molar-refractivity contribution < 1.29 is 0 Å². The van der Waals surface area contributed by atoms with Crippen molar-refractivity contribution in [3.63, 3.8) is 0 Å². The number of aromatic nitrogens is 4. The molecule has 1 aromatic carbocycles. The van der Waals surface area contributed by atoms with Gasteiger partial charge in [0.2, 0.25) is 0 Å². The second-order valence-electron chi connectivity index (χ2n) is 6.85. The third-order valence-corrected chi connectivity index (χ3v) is 5.12. The molecule has 0 radical (unpaired) electrons. The van der Waals surface area contributed by atoms with E-state index in [4.69, 9.17) is 4.98 Å². The third-order valence-electron chi connectivity index (χ3n) is 5.12. The van der Waals surface area contributed by atoms with Gasteiger partial charge in [-0.1, -0.05) is 25.1 Å². The van der Waals surface area contributed by atoms with Gasteiger partial charge in [0.15, 0.2) is 5.65 Å². The number of para-hydroxylation sites is 1. The lowest BCUT2D eigenvalue weighted by Gasteiger charge is -2.39. The molecule has 1 aliphatic rings. The second-order valence-corrected chi connectivity index (χ2v) is 6.85. The Bertz CT molecular complexity index is 948. The van der Waals surface area contributed by atoms with Gasteiger partial charge in [0.05, 0.1) is 18.4 Å². The molecule has 4 rings (SSSR count). The van der Waals surface area contributed by atoms with Gasteiger partial charge in [-0.25, -0.2) is 9.67 Å². The highest BCUT2D eigenvalue weighted by Crippen LogP contribution is 2.15. The highest BCUT2D eigenvalue weighted by molar-refractivity contribution is 5.75. The number of H-pyrrole nitrogens is 1. The fourth-order valence-corrected chi connectivity index (χ4v) is 3.69. The van der Waals surface area contributed by atoms with Gasteiger partial charge in [0.25, 0.3) is 5.56 Å². The van der Waals surface area contributed by atoms with Crippen LogP contribution < -0.4 is 5.56 Å². The maximum atomic E-state index is 12.5. The Kier molecular flexibility index (Phi) is 4.57. The molecule has 3 aromatic rings. The summed E-state index contributed by atoms with van der Waals surface area (Å²) in [5.74, 6) is 0.692. The predicted molar refractivity (Wildman–Crippen MR) is 101 cm³/mol. The van der Waals surface area contributed by atoms with Gasteiger partial charge in [-0.3, -0.25) is 14.6 Å². The first-order chi connectivity index (χ1) is 12.7. The molecule has 3 heterocycles. The summed E-state index contributed by atoms with van der Waals surface area (Å²) in [6.45, 7) is 9.18. The van der Waals surface area contributed by atoms with Gasteiger partial charge < -0.3 is 4.98 Å². The zero-order chi connectivity index (χ0) is 18.1. The van der Waals surface area contributed by atoms with E-state index in [1.807, 2.05) is 30.3 Å². The van der Waals surface area contributed by atoms with E-state index in [1.54, 1.807) is 10.9 Å². The summed E-state index contributed by atoms with van der Waals surface area (Å²) in [5.41, 5.74) is 1.37. The minimum Gasteiger partial charge on any atom is -0.309 e. The minimum atomic E-state index is -0.132. The van der Waals surface area contributed by atoms with Gasteiger partial charge in [-0.15, -0.1) is 0 Å². The normalized spacial score (nSPS) is 19.2. The number of likely N-dealkylation sites (N-methyl/N-ethyl adjacent to an activating group) is 1. The molecule has 1 aliphatic heterocycles. The van der Waals surface area contributed by atoms with Crippen LogP contribution in [0.3, 0.4) is 0 Å². The van der Waals surface area contributed by atoms with Crippen molar-refractivity contribution in [2.75, 3.05) is 26.2 Å². The van der Waals surface area contributed by atoms with Crippen LogP contribution in [-0.4, -0.2) is 61.8 Å². The average molecular weight is 352 g/mol. The van der Waals surface area contributed by atoms with Crippen LogP contribution in [0.4, 0.5) is 0 Å². The zero-order valence-corrected chi connectivity index (χ0v) is 15.2. The number of aromatic amines is 1. The van der Waals surface area contributed by atoms with E-state index in [1.165, 1.54) is 0 Å². The Balaban J connectivity index is 1.64. The van der Waals surface area contributed by atoms with Crippen LogP contribution in [0.1, 0.15) is 19.7 Å². The summed E-state index contributed by atoms with van der Waals surface area (Å²) >= 11 is 0. The maximum absolute atomic E-state index is 12.5. The average Bonchev–Trinajstić information content (AvgIpc) is 3.07. The van der Waals surface area contributed by atoms with E-state index in [9.17, 15) is 4.79 Å². The molecule has 7 nitrogen and oxygen atoms in total. The first-order valence-electron chi connectivity index (χ1n) is 9.14. The number of nitrogens with zero attached hydrogens (tertiary/aromatic N) is 5. The minimum absolute atomic E-state index is 0.132. The van der Waals surface area contributed by atoms with Crippen LogP contribution in [0.25, 0.3) is 16.7 Å². The van der Waals surface area contributed by atoms with Crippen molar-refractivity contribution in [2.24, 2.45) is 0 Å². The van der Waals surface area contributed by atoms with Crippen LogP contribution in [0.15, 0.2) is 41.3 Å². The van der Waals surface area contributed by atoms with Crippen molar-refractivity contribution in [3.05, 3.63) is 52.7 Å². The highest BCUT2D eigenvalue weighted by atomic mass is 16.1. The molecule has 7 heteroatoms. The Hall–Kier alpha value is -2.51. The number of piperazine rings is 1. The summed E-state index contributed by atoms with van der Waals surface area (Å²) in [6.07, 6.45) is 1.58. The molecule has 1 atom stereocenters. The molecule has 0 spiro atoms. The molecule has 1 fully saturated rings. The first kappa shape index (κ1) is 16.9. The molecule has 1 saturated heterocycles. The molecular formula is C19H24N6O. The molecule has 1 N–H and O–H groups in total. The van der Waals surface area contributed by atoms with Crippen molar-refractivity contribution in [1.82, 2.24) is 29.5 Å². The molecule has 0 bridgehead atoms. The molecule has 0 amide bonds. The monoisotopic (exact) mass is 352 g/mol. The van der Waals surface area contributed by atoms with E-state index in [2.05, 4.69) is 33.7 Å². The van der Waals surface area contributed by atoms with Crippen LogP contribution in [0.5, 0.6) is 0 Å². The number of nitrogens with one attached hydrogen (secondary N) is 1. The van der Waals surface area contributed by atoms with E-state index < -0.39 is 0 Å². The van der Waals surface area contributed by atoms with Crippen molar-refractivity contribution >= 4 is 11.0 Å². The van der Waals surface area contributed by atoms with E-state index in [0.29, 0.717) is 29.4 Å². The molecule has 136 valence electrons. The number of fused-ring (bicyclic) bond motifs is 1. The second kappa shape index (κ2) is 7.01. The number of hydrogen-bond donors (Lipinski definition) is 1. The van der Waals surface area contributed by atoms with Crippen LogP contribution >= 0.6 is 0 Å². The molecule has 1 unspecified atom stereocenters. The largest absolute Gasteiger partial charge is 0.309 e. The topological polar surface area (TPSA) is 70.1 Å². The summed E-state index contributed by atoms with van der Waals surface area (Å²) in [7, 11) is 0. The first-order valence-corrected chi connectivity index (χ1v) is 9.14. The quantitative estimate of drug-likeness (QED) is 0.773. The number of hydrogen-bond acceptors (Lipinski definition) is 5. The lowest BCUT2D eigenvalue weighted by molar-refractivity contribution is 0.0818. The molecule has 26 heavy (non-hydrogen) atoms. The van der Waals surface area contributed by atoms with Gasteiger partial charge in [0.1, 0.15) is 11.2 Å². The Morgan fingerprint density at radius 2 is 2.04 bits per heavy atom. The lowest BCUT2D eigenvalue weighted by atomic mass is 10.2. The lowest BCUT2D eigenvalue weighted by Crippen LogP contribution is -2.51. The van der Waals surface area contributed by atoms with Crippen LogP contribution in [-0.2, 0) is 6.54 Å². The van der Waals surface area contributed by atoms with E-state index >= 15 is 0 Å². The standard InChI is InChI=1S/C19H24N6O/c1-3-24-10-9-23(12-14(24)2)13-17-21-18-16(19(26)22-17)11-20-25(18)15-7-5-4-6-8-15/h4-8,11,14H,3,9-10,12-13H2,1-2H3,(H,21,22,26). The maximum Gasteiger partial charge on any atom is 0.262 e. The van der Waals surface area contributed by atoms with Crippen molar-refractivity contribution in [2.45, 2.75) is 26.4 Å². The molecular weight excluding hydrogens is 328 g/mol. The van der Waals surface area contributed by atoms with E-state index in [-0.39, 0.29) is 5.56 Å². The Morgan fingerprint density at radius 3 is 2.77 bits per heavy atom. The number of rotatable bonds is 4. The molecule has 0 aliphatic carbocycles. The fraction of sp³-hybridized carbons (Fsp3) is 0.421.